The van der Waals surface area contributed by atoms with Crippen LogP contribution in [-0.2, 0) is 0 Å². The van der Waals surface area contributed by atoms with Crippen LogP contribution >= 0.6 is 11.6 Å². The maximum absolute atomic E-state index is 5.99. The van der Waals surface area contributed by atoms with Gasteiger partial charge in [0, 0.05) is 13.1 Å². The average molecular weight is 280 g/mol. The molecule has 19 heavy (non-hydrogen) atoms. The lowest BCUT2D eigenvalue weighted by atomic mass is 9.85. The quantitative estimate of drug-likeness (QED) is 0.815. The lowest BCUT2D eigenvalue weighted by Crippen LogP contribution is -2.26. The third-order valence-electron chi connectivity index (χ3n) is 3.88. The number of imidazole rings is 1. The number of hydrogen-bond donors (Lipinski definition) is 1. The van der Waals surface area contributed by atoms with Crippen LogP contribution in [-0.4, -0.2) is 33.0 Å². The average Bonchev–Trinajstić information content (AvgIpc) is 2.72. The molecule has 2 aromatic heterocycles. The van der Waals surface area contributed by atoms with Gasteiger partial charge in [-0.2, -0.15) is 9.97 Å². The van der Waals surface area contributed by atoms with E-state index in [9.17, 15) is 0 Å². The van der Waals surface area contributed by atoms with Crippen molar-refractivity contribution in [2.45, 2.75) is 33.1 Å². The maximum Gasteiger partial charge on any atom is 0.226 e. The summed E-state index contributed by atoms with van der Waals surface area (Å²) in [4.78, 5) is 18.1. The van der Waals surface area contributed by atoms with E-state index in [2.05, 4.69) is 38.7 Å². The molecule has 0 radical (unpaired) electrons. The number of hydrogen-bond acceptors (Lipinski definition) is 4. The van der Waals surface area contributed by atoms with Gasteiger partial charge in [0.05, 0.1) is 6.33 Å². The second-order valence-electron chi connectivity index (χ2n) is 5.92. The Labute approximate surface area is 117 Å². The molecule has 6 heteroatoms. The Morgan fingerprint density at radius 2 is 2.11 bits per heavy atom. The van der Waals surface area contributed by atoms with Crippen molar-refractivity contribution in [3.63, 3.8) is 0 Å². The van der Waals surface area contributed by atoms with Crippen molar-refractivity contribution in [2.75, 3.05) is 18.0 Å². The highest BCUT2D eigenvalue weighted by molar-refractivity contribution is 6.28. The first-order valence-corrected chi connectivity index (χ1v) is 7.05. The zero-order valence-corrected chi connectivity index (χ0v) is 12.0. The second-order valence-corrected chi connectivity index (χ2v) is 6.26. The highest BCUT2D eigenvalue weighted by Crippen LogP contribution is 2.32. The summed E-state index contributed by atoms with van der Waals surface area (Å²) >= 11 is 5.99. The molecule has 1 aliphatic rings. The fourth-order valence-corrected chi connectivity index (χ4v) is 2.82. The van der Waals surface area contributed by atoms with E-state index in [1.165, 1.54) is 12.8 Å². The van der Waals surface area contributed by atoms with Gasteiger partial charge in [-0.05, 0) is 36.3 Å². The normalized spacial score (nSPS) is 19.6. The molecule has 1 fully saturated rings. The van der Waals surface area contributed by atoms with E-state index in [0.717, 1.165) is 30.8 Å². The van der Waals surface area contributed by atoms with E-state index in [-0.39, 0.29) is 5.28 Å². The molecule has 0 atom stereocenters. The summed E-state index contributed by atoms with van der Waals surface area (Å²) in [6.07, 6.45) is 5.21. The summed E-state index contributed by atoms with van der Waals surface area (Å²) in [7, 11) is 0. The van der Waals surface area contributed by atoms with E-state index in [4.69, 9.17) is 11.6 Å². The van der Waals surface area contributed by atoms with E-state index >= 15 is 0 Å². The van der Waals surface area contributed by atoms with Crippen LogP contribution in [0.15, 0.2) is 6.33 Å². The molecule has 1 N–H and O–H groups in total. The number of H-pyrrole nitrogens is 1. The smallest absolute Gasteiger partial charge is 0.226 e. The van der Waals surface area contributed by atoms with E-state index < -0.39 is 0 Å². The minimum absolute atomic E-state index is 0.262. The summed E-state index contributed by atoms with van der Waals surface area (Å²) in [5.41, 5.74) is 1.92. The van der Waals surface area contributed by atoms with Crippen LogP contribution in [0.25, 0.3) is 11.2 Å². The minimum atomic E-state index is 0.262. The van der Waals surface area contributed by atoms with Gasteiger partial charge in [-0.15, -0.1) is 0 Å². The molecule has 1 saturated heterocycles. The molecule has 1 aliphatic heterocycles. The number of rotatable bonds is 1. The molecule has 0 unspecified atom stereocenters. The largest absolute Gasteiger partial charge is 0.355 e. The standard InChI is InChI=1S/C13H18ClN5/c1-13(2)4-3-6-19(7-5-13)11-9-10(16-8-15-9)17-12(14)18-11/h8H,3-7H2,1-2H3,(H,15,16,17,18). The summed E-state index contributed by atoms with van der Waals surface area (Å²) in [5, 5.41) is 0.262. The SMILES string of the molecule is CC1(C)CCCN(c2nc(Cl)nc3nc[nH]c23)CC1. The first-order valence-electron chi connectivity index (χ1n) is 6.67. The van der Waals surface area contributed by atoms with Gasteiger partial charge in [-0.3, -0.25) is 0 Å². The Bertz CT molecular complexity index is 592. The van der Waals surface area contributed by atoms with E-state index in [0.29, 0.717) is 11.1 Å². The van der Waals surface area contributed by atoms with Gasteiger partial charge in [0.1, 0.15) is 5.52 Å². The Morgan fingerprint density at radius 3 is 2.95 bits per heavy atom. The molecular weight excluding hydrogens is 262 g/mol. The van der Waals surface area contributed by atoms with E-state index in [1.807, 2.05) is 0 Å². The third kappa shape index (κ3) is 2.52. The molecular formula is C13H18ClN5. The van der Waals surface area contributed by atoms with Gasteiger partial charge >= 0.3 is 0 Å². The topological polar surface area (TPSA) is 57.7 Å². The predicted octanol–water partition coefficient (Wildman–Crippen LogP) is 3.02. The van der Waals surface area contributed by atoms with Gasteiger partial charge in [-0.1, -0.05) is 13.8 Å². The Hall–Kier alpha value is -1.36. The molecule has 102 valence electrons. The van der Waals surface area contributed by atoms with Crippen molar-refractivity contribution in [3.05, 3.63) is 11.6 Å². The van der Waals surface area contributed by atoms with Gasteiger partial charge in [0.2, 0.25) is 5.28 Å². The minimum Gasteiger partial charge on any atom is -0.355 e. The molecule has 5 nitrogen and oxygen atoms in total. The van der Waals surface area contributed by atoms with Crippen LogP contribution < -0.4 is 4.90 Å². The fraction of sp³-hybridized carbons (Fsp3) is 0.615. The Morgan fingerprint density at radius 1 is 1.26 bits per heavy atom. The highest BCUT2D eigenvalue weighted by Gasteiger charge is 2.25. The molecule has 0 aliphatic carbocycles. The number of nitrogens with one attached hydrogen (secondary N) is 1. The fourth-order valence-electron chi connectivity index (χ4n) is 2.66. The summed E-state index contributed by atoms with van der Waals surface area (Å²) in [5.74, 6) is 0.880. The molecule has 3 rings (SSSR count). The Balaban J connectivity index is 1.97. The van der Waals surface area contributed by atoms with Gasteiger partial charge in [-0.25, -0.2) is 4.98 Å². The van der Waals surface area contributed by atoms with Crippen LogP contribution in [0.1, 0.15) is 33.1 Å². The molecule has 0 bridgehead atoms. The zero-order valence-electron chi connectivity index (χ0n) is 11.3. The highest BCUT2D eigenvalue weighted by atomic mass is 35.5. The Kier molecular flexibility index (Phi) is 3.09. The van der Waals surface area contributed by atoms with Crippen LogP contribution in [0.4, 0.5) is 5.82 Å². The summed E-state index contributed by atoms with van der Waals surface area (Å²) in [6.45, 7) is 6.66. The number of fused-ring (bicyclic) bond motifs is 1. The van der Waals surface area contributed by atoms with Crippen molar-refractivity contribution in [2.24, 2.45) is 5.41 Å². The van der Waals surface area contributed by atoms with Crippen molar-refractivity contribution in [1.29, 1.82) is 0 Å². The zero-order chi connectivity index (χ0) is 13.5. The van der Waals surface area contributed by atoms with Crippen molar-refractivity contribution in [1.82, 2.24) is 19.9 Å². The number of nitrogens with zero attached hydrogens (tertiary/aromatic N) is 4. The van der Waals surface area contributed by atoms with Gasteiger partial charge in [0.25, 0.3) is 0 Å². The first-order chi connectivity index (χ1) is 9.05. The lowest BCUT2D eigenvalue weighted by Gasteiger charge is -2.24. The van der Waals surface area contributed by atoms with Crippen LogP contribution in [0, 0.1) is 5.41 Å². The van der Waals surface area contributed by atoms with Gasteiger partial charge in [0.15, 0.2) is 11.5 Å². The van der Waals surface area contributed by atoms with Crippen LogP contribution in [0.5, 0.6) is 0 Å². The predicted molar refractivity (Wildman–Crippen MR) is 76.5 cm³/mol. The maximum atomic E-state index is 5.99. The van der Waals surface area contributed by atoms with Crippen molar-refractivity contribution in [3.8, 4) is 0 Å². The second kappa shape index (κ2) is 4.63. The van der Waals surface area contributed by atoms with Gasteiger partial charge < -0.3 is 9.88 Å². The molecule has 0 aromatic carbocycles. The molecule has 0 saturated carbocycles. The molecule has 3 heterocycles. The van der Waals surface area contributed by atoms with Crippen molar-refractivity contribution < 1.29 is 0 Å². The first kappa shape index (κ1) is 12.7. The van der Waals surface area contributed by atoms with E-state index in [1.54, 1.807) is 6.33 Å². The number of halogens is 1. The van der Waals surface area contributed by atoms with Crippen LogP contribution in [0.2, 0.25) is 5.28 Å². The number of aromatic amines is 1. The summed E-state index contributed by atoms with van der Waals surface area (Å²) < 4.78 is 0. The molecule has 2 aromatic rings. The molecule has 0 amide bonds. The van der Waals surface area contributed by atoms with Crippen LogP contribution in [0.3, 0.4) is 0 Å². The third-order valence-corrected chi connectivity index (χ3v) is 4.05. The molecule has 0 spiro atoms. The van der Waals surface area contributed by atoms with Crippen molar-refractivity contribution >= 4 is 28.6 Å². The number of anilines is 1. The number of aromatic nitrogens is 4. The summed E-state index contributed by atoms with van der Waals surface area (Å²) in [6, 6.07) is 0. The lowest BCUT2D eigenvalue weighted by molar-refractivity contribution is 0.325. The monoisotopic (exact) mass is 279 g/mol.